The summed E-state index contributed by atoms with van der Waals surface area (Å²) < 4.78 is 0. The van der Waals surface area contributed by atoms with E-state index in [1.165, 1.54) is 0 Å². The number of nitrogens with zero attached hydrogens (tertiary/aromatic N) is 3. The van der Waals surface area contributed by atoms with Crippen LogP contribution in [-0.4, -0.2) is 9.97 Å². The predicted molar refractivity (Wildman–Crippen MR) is 68.5 cm³/mol. The smallest absolute Gasteiger partial charge is 0.0992 e. The fraction of sp³-hybridized carbons (Fsp3) is 0. The highest BCUT2D eigenvalue weighted by Crippen LogP contribution is 2.19. The van der Waals surface area contributed by atoms with Crippen LogP contribution in [0.15, 0.2) is 48.7 Å². The SMILES string of the molecule is N#Cc1ccnc(-c2ccc3c[c]ccc3n2)c1. The zero-order valence-corrected chi connectivity index (χ0v) is 9.46. The lowest BCUT2D eigenvalue weighted by atomic mass is 10.1. The largest absolute Gasteiger partial charge is 0.255 e. The Morgan fingerprint density at radius 3 is 2.94 bits per heavy atom. The quantitative estimate of drug-likeness (QED) is 0.645. The lowest BCUT2D eigenvalue weighted by Crippen LogP contribution is -1.89. The van der Waals surface area contributed by atoms with Gasteiger partial charge in [0.2, 0.25) is 0 Å². The molecule has 0 bridgehead atoms. The normalized spacial score (nSPS) is 10.2. The molecule has 18 heavy (non-hydrogen) atoms. The highest BCUT2D eigenvalue weighted by molar-refractivity contribution is 5.80. The minimum Gasteiger partial charge on any atom is -0.255 e. The third-order valence-corrected chi connectivity index (χ3v) is 2.69. The Balaban J connectivity index is 2.16. The average molecular weight is 230 g/mol. The third kappa shape index (κ3) is 1.80. The number of benzene rings is 1. The molecule has 3 nitrogen and oxygen atoms in total. The van der Waals surface area contributed by atoms with E-state index in [2.05, 4.69) is 22.1 Å². The fourth-order valence-electron chi connectivity index (χ4n) is 1.79. The molecular formula is C15H8N3. The highest BCUT2D eigenvalue weighted by atomic mass is 14.8. The van der Waals surface area contributed by atoms with Gasteiger partial charge in [0.15, 0.2) is 0 Å². The Kier molecular flexibility index (Phi) is 2.47. The summed E-state index contributed by atoms with van der Waals surface area (Å²) in [4.78, 5) is 8.77. The molecule has 0 unspecified atom stereocenters. The number of hydrogen-bond acceptors (Lipinski definition) is 3. The molecule has 0 aliphatic rings. The zero-order valence-electron chi connectivity index (χ0n) is 9.46. The van der Waals surface area contributed by atoms with Gasteiger partial charge >= 0.3 is 0 Å². The first-order valence-corrected chi connectivity index (χ1v) is 5.50. The van der Waals surface area contributed by atoms with Crippen LogP contribution in [0.3, 0.4) is 0 Å². The van der Waals surface area contributed by atoms with E-state index in [1.54, 1.807) is 18.3 Å². The van der Waals surface area contributed by atoms with E-state index in [4.69, 9.17) is 5.26 Å². The number of hydrogen-bond donors (Lipinski definition) is 0. The summed E-state index contributed by atoms with van der Waals surface area (Å²) >= 11 is 0. The number of rotatable bonds is 1. The molecule has 3 heteroatoms. The molecule has 3 aromatic rings. The van der Waals surface area contributed by atoms with Gasteiger partial charge in [0, 0.05) is 11.6 Å². The molecule has 0 aliphatic heterocycles. The van der Waals surface area contributed by atoms with Crippen LogP contribution in [0.25, 0.3) is 22.3 Å². The summed E-state index contributed by atoms with van der Waals surface area (Å²) in [6.07, 6.45) is 1.62. The molecule has 1 aromatic carbocycles. The first kappa shape index (κ1) is 10.4. The molecule has 83 valence electrons. The van der Waals surface area contributed by atoms with Gasteiger partial charge in [-0.05, 0) is 36.4 Å². The Bertz CT molecular complexity index is 757. The molecule has 2 heterocycles. The standard InChI is InChI=1S/C15H8N3/c16-10-11-7-8-17-15(9-11)14-6-5-12-3-1-2-4-13(12)18-14/h2-9H. The number of nitriles is 1. The molecule has 2 aromatic heterocycles. The summed E-state index contributed by atoms with van der Waals surface area (Å²) in [5.74, 6) is 0. The fourth-order valence-corrected chi connectivity index (χ4v) is 1.79. The van der Waals surface area contributed by atoms with Gasteiger partial charge in [-0.1, -0.05) is 12.1 Å². The van der Waals surface area contributed by atoms with E-state index in [1.807, 2.05) is 30.3 Å². The molecular weight excluding hydrogens is 222 g/mol. The van der Waals surface area contributed by atoms with E-state index >= 15 is 0 Å². The van der Waals surface area contributed by atoms with Crippen LogP contribution in [0.1, 0.15) is 5.56 Å². The Hall–Kier alpha value is -2.73. The third-order valence-electron chi connectivity index (χ3n) is 2.69. The van der Waals surface area contributed by atoms with E-state index in [9.17, 15) is 0 Å². The number of pyridine rings is 2. The monoisotopic (exact) mass is 230 g/mol. The molecule has 0 saturated heterocycles. The zero-order chi connectivity index (χ0) is 12.4. The van der Waals surface area contributed by atoms with E-state index in [0.717, 1.165) is 16.6 Å². The van der Waals surface area contributed by atoms with Crippen LogP contribution in [0, 0.1) is 17.4 Å². The Morgan fingerprint density at radius 2 is 2.06 bits per heavy atom. The maximum atomic E-state index is 8.88. The topological polar surface area (TPSA) is 49.6 Å². The summed E-state index contributed by atoms with van der Waals surface area (Å²) in [5.41, 5.74) is 2.97. The Morgan fingerprint density at radius 1 is 1.11 bits per heavy atom. The van der Waals surface area contributed by atoms with Crippen LogP contribution in [0.4, 0.5) is 0 Å². The van der Waals surface area contributed by atoms with Crippen molar-refractivity contribution in [2.45, 2.75) is 0 Å². The van der Waals surface area contributed by atoms with Crippen molar-refractivity contribution in [3.8, 4) is 17.5 Å². The van der Waals surface area contributed by atoms with E-state index < -0.39 is 0 Å². The molecule has 0 N–H and O–H groups in total. The van der Waals surface area contributed by atoms with Crippen LogP contribution in [-0.2, 0) is 0 Å². The van der Waals surface area contributed by atoms with Crippen LogP contribution < -0.4 is 0 Å². The maximum Gasteiger partial charge on any atom is 0.0992 e. The first-order chi connectivity index (χ1) is 8.86. The maximum absolute atomic E-state index is 8.88. The minimum atomic E-state index is 0.586. The van der Waals surface area contributed by atoms with Gasteiger partial charge in [0.05, 0.1) is 28.5 Å². The van der Waals surface area contributed by atoms with Crippen molar-refractivity contribution in [2.24, 2.45) is 0 Å². The molecule has 0 amide bonds. The van der Waals surface area contributed by atoms with Crippen LogP contribution in [0.2, 0.25) is 0 Å². The minimum absolute atomic E-state index is 0.586. The number of fused-ring (bicyclic) bond motifs is 1. The van der Waals surface area contributed by atoms with Gasteiger partial charge < -0.3 is 0 Å². The molecule has 0 saturated carbocycles. The second-order valence-electron chi connectivity index (χ2n) is 3.86. The first-order valence-electron chi connectivity index (χ1n) is 5.50. The van der Waals surface area contributed by atoms with Crippen molar-refractivity contribution in [3.05, 3.63) is 60.3 Å². The summed E-state index contributed by atoms with van der Waals surface area (Å²) in [5, 5.41) is 9.92. The average Bonchev–Trinajstić information content (AvgIpc) is 2.47. The Labute approximate surface area is 104 Å². The van der Waals surface area contributed by atoms with E-state index in [0.29, 0.717) is 11.3 Å². The van der Waals surface area contributed by atoms with Crippen molar-refractivity contribution < 1.29 is 0 Å². The van der Waals surface area contributed by atoms with Crippen molar-refractivity contribution in [2.75, 3.05) is 0 Å². The van der Waals surface area contributed by atoms with Crippen LogP contribution in [0.5, 0.6) is 0 Å². The van der Waals surface area contributed by atoms with Gasteiger partial charge in [-0.25, -0.2) is 4.98 Å². The van der Waals surface area contributed by atoms with Crippen molar-refractivity contribution in [1.82, 2.24) is 9.97 Å². The molecule has 0 atom stereocenters. The lowest BCUT2D eigenvalue weighted by molar-refractivity contribution is 1.26. The van der Waals surface area contributed by atoms with Crippen molar-refractivity contribution >= 4 is 10.9 Å². The van der Waals surface area contributed by atoms with Gasteiger partial charge in [-0.2, -0.15) is 5.26 Å². The second-order valence-corrected chi connectivity index (χ2v) is 3.86. The molecule has 0 fully saturated rings. The van der Waals surface area contributed by atoms with Gasteiger partial charge in [-0.3, -0.25) is 4.98 Å². The predicted octanol–water partition coefficient (Wildman–Crippen LogP) is 2.97. The van der Waals surface area contributed by atoms with Crippen molar-refractivity contribution in [3.63, 3.8) is 0 Å². The number of aromatic nitrogens is 2. The summed E-state index contributed by atoms with van der Waals surface area (Å²) in [6, 6.07) is 18.1. The van der Waals surface area contributed by atoms with Gasteiger partial charge in [0.25, 0.3) is 0 Å². The molecule has 1 radical (unpaired) electrons. The van der Waals surface area contributed by atoms with Gasteiger partial charge in [-0.15, -0.1) is 0 Å². The molecule has 3 rings (SSSR count). The summed E-state index contributed by atoms with van der Waals surface area (Å²) in [6.45, 7) is 0. The van der Waals surface area contributed by atoms with Gasteiger partial charge in [0.1, 0.15) is 0 Å². The molecule has 0 aliphatic carbocycles. The summed E-state index contributed by atoms with van der Waals surface area (Å²) in [7, 11) is 0. The lowest BCUT2D eigenvalue weighted by Gasteiger charge is -2.02. The van der Waals surface area contributed by atoms with Crippen LogP contribution >= 0.6 is 0 Å². The van der Waals surface area contributed by atoms with E-state index in [-0.39, 0.29) is 0 Å². The molecule has 0 spiro atoms. The second kappa shape index (κ2) is 4.27. The highest BCUT2D eigenvalue weighted by Gasteiger charge is 2.03. The van der Waals surface area contributed by atoms with Crippen molar-refractivity contribution in [1.29, 1.82) is 5.26 Å².